The Hall–Kier alpha value is -6.20. The van der Waals surface area contributed by atoms with Crippen molar-refractivity contribution < 1.29 is 106 Å². The molecule has 91 heavy (non-hydrogen) atoms. The molecule has 9 amide bonds. The van der Waals surface area contributed by atoms with Crippen LogP contribution in [0.5, 0.6) is 0 Å². The third kappa shape index (κ3) is 31.8. The standard InChI is InChI=1S/C57H91F2N11O20S/c1-4-61-12-14-69-50(78)28-45(56(69)84)91-35-37(2)31-66-54(82)42(5-6-47(75)65-33-43(72)51(79)52(80)44(73)34-71)68-49(77)10-15-85-17-19-87-21-23-89-25-26-90-24-22-88-20-18-86-16-13-63-46(74)7-8-48(76)64-32-40-27-39(9-11-62-40)53(81)67-38(3)55(83)70-36-57(58,59)29-41(70)30-60/h9,11,27,37-38,41-45,51-52,61,71-73,79-80H,4-8,10,12-26,28-29,31-36H2,1-3H3,(H,63,74)(H,64,76)(H,65,75)(H,66,82)(H,67,81)(H,68,77)/t37-,38-,41+,42-,43+,44-,45?,51-,52-/m1/s1. The van der Waals surface area contributed by atoms with E-state index in [1.165, 1.54) is 41.9 Å². The van der Waals surface area contributed by atoms with E-state index < -0.39 is 115 Å². The molecule has 2 aliphatic rings. The van der Waals surface area contributed by atoms with Gasteiger partial charge in [-0.1, -0.05) is 13.8 Å². The van der Waals surface area contributed by atoms with Crippen LogP contribution >= 0.6 is 11.8 Å². The number of halogens is 2. The van der Waals surface area contributed by atoms with E-state index in [-0.39, 0.29) is 147 Å². The molecule has 3 heterocycles. The van der Waals surface area contributed by atoms with Crippen LogP contribution in [0.25, 0.3) is 0 Å². The molecule has 0 radical (unpaired) electrons. The van der Waals surface area contributed by atoms with Gasteiger partial charge in [0.1, 0.15) is 36.4 Å². The van der Waals surface area contributed by atoms with Gasteiger partial charge in [0.05, 0.1) is 122 Å². The second-order valence-corrected chi connectivity index (χ2v) is 22.6. The van der Waals surface area contributed by atoms with Crippen LogP contribution in [0.4, 0.5) is 8.78 Å². The molecule has 0 aliphatic carbocycles. The van der Waals surface area contributed by atoms with Gasteiger partial charge in [0.15, 0.2) is 0 Å². The molecule has 0 saturated carbocycles. The normalized spacial score (nSPS) is 17.7. The molecule has 1 unspecified atom stereocenters. The Morgan fingerprint density at radius 1 is 0.747 bits per heavy atom. The number of nitrogens with one attached hydrogen (secondary N) is 7. The SMILES string of the molecule is CCNCCN1C(=O)CC(SC[C@H](C)CNC(=O)[C@@H](CCC(=O)NC[C@H](O)[C@@H](O)[C@H](O)[C@H](O)CO)NC(=O)CCOCCOCCOCCOCCOCCOCCNC(=O)CCC(=O)NCc2cc(C(=O)N[C@H](C)C(=O)N3CC(F)(F)C[C@H]3C#N)ccn2)C1=O. The smallest absolute Gasteiger partial charge is 0.268 e. The summed E-state index contributed by atoms with van der Waals surface area (Å²) in [5, 5.41) is 75.9. The summed E-state index contributed by atoms with van der Waals surface area (Å²) in [6.45, 7) is 7.39. The second-order valence-electron chi connectivity index (χ2n) is 21.3. The highest BCUT2D eigenvalue weighted by molar-refractivity contribution is 8.00. The lowest BCUT2D eigenvalue weighted by Gasteiger charge is -2.25. The summed E-state index contributed by atoms with van der Waals surface area (Å²) in [5.41, 5.74) is 0.402. The fraction of sp³-hybridized carbons (Fsp3) is 0.737. The van der Waals surface area contributed by atoms with Crippen LogP contribution in [0.15, 0.2) is 18.3 Å². The van der Waals surface area contributed by atoms with Gasteiger partial charge in [-0.15, -0.1) is 11.8 Å². The number of rotatable bonds is 49. The zero-order valence-electron chi connectivity index (χ0n) is 51.7. The van der Waals surface area contributed by atoms with Crippen LogP contribution < -0.4 is 37.2 Å². The van der Waals surface area contributed by atoms with Crippen molar-refractivity contribution >= 4 is 64.9 Å². The van der Waals surface area contributed by atoms with E-state index in [1.54, 1.807) is 6.07 Å². The summed E-state index contributed by atoms with van der Waals surface area (Å²) in [6.07, 6.45) is -7.46. The molecule has 9 atom stereocenters. The maximum atomic E-state index is 13.8. The number of aliphatic hydroxyl groups is 5. The Morgan fingerprint density at radius 2 is 1.33 bits per heavy atom. The van der Waals surface area contributed by atoms with Crippen LogP contribution in [0.2, 0.25) is 0 Å². The number of carbonyl (C=O) groups is 9. The summed E-state index contributed by atoms with van der Waals surface area (Å²) in [7, 11) is 0. The van der Waals surface area contributed by atoms with E-state index in [2.05, 4.69) is 42.2 Å². The van der Waals surface area contributed by atoms with Crippen LogP contribution in [0, 0.1) is 17.2 Å². The second kappa shape index (κ2) is 44.4. The molecular formula is C57H91F2N11O20S. The van der Waals surface area contributed by atoms with Crippen molar-refractivity contribution in [1.82, 2.24) is 52.0 Å². The highest BCUT2D eigenvalue weighted by atomic mass is 32.2. The molecule has 34 heteroatoms. The first kappa shape index (κ1) is 79.0. The zero-order chi connectivity index (χ0) is 67.1. The van der Waals surface area contributed by atoms with Crippen molar-refractivity contribution in [3.8, 4) is 6.07 Å². The topological polar surface area (TPSA) is 438 Å². The average Bonchev–Trinajstić information content (AvgIpc) is 2.31. The molecule has 1 aromatic heterocycles. The molecule has 2 fully saturated rings. The van der Waals surface area contributed by atoms with E-state index in [0.29, 0.717) is 51.0 Å². The Morgan fingerprint density at radius 3 is 1.93 bits per heavy atom. The Kier molecular flexibility index (Phi) is 38.5. The number of hydrogen-bond donors (Lipinski definition) is 12. The maximum Gasteiger partial charge on any atom is 0.268 e. The highest BCUT2D eigenvalue weighted by Crippen LogP contribution is 2.32. The molecule has 31 nitrogen and oxygen atoms in total. The van der Waals surface area contributed by atoms with Crippen LogP contribution in [-0.2, 0) is 73.3 Å². The van der Waals surface area contributed by atoms with Crippen molar-refractivity contribution in [1.29, 1.82) is 5.26 Å². The zero-order valence-corrected chi connectivity index (χ0v) is 52.6. The van der Waals surface area contributed by atoms with Gasteiger partial charge in [-0.2, -0.15) is 5.26 Å². The van der Waals surface area contributed by atoms with Gasteiger partial charge in [-0.3, -0.25) is 53.0 Å². The Balaban J connectivity index is 1.18. The minimum absolute atomic E-state index is 0.0183. The minimum Gasteiger partial charge on any atom is -0.394 e. The summed E-state index contributed by atoms with van der Waals surface area (Å²) >= 11 is 1.32. The summed E-state index contributed by atoms with van der Waals surface area (Å²) in [5.74, 6) is -7.54. The molecular weight excluding hydrogens is 1230 g/mol. The number of likely N-dealkylation sites (tertiary alicyclic amines) is 2. The number of thioether (sulfide) groups is 1. The molecule has 0 spiro atoms. The predicted molar refractivity (Wildman–Crippen MR) is 319 cm³/mol. The van der Waals surface area contributed by atoms with Gasteiger partial charge < -0.3 is 96.1 Å². The van der Waals surface area contributed by atoms with Crippen LogP contribution in [0.3, 0.4) is 0 Å². The number of pyridine rings is 1. The quantitative estimate of drug-likeness (QED) is 0.0219. The molecule has 12 N–H and O–H groups in total. The predicted octanol–water partition coefficient (Wildman–Crippen LogP) is -4.00. The molecule has 2 saturated heterocycles. The van der Waals surface area contributed by atoms with E-state index in [4.69, 9.17) is 33.5 Å². The first-order valence-electron chi connectivity index (χ1n) is 30.2. The van der Waals surface area contributed by atoms with Gasteiger partial charge in [0.25, 0.3) is 11.8 Å². The number of carbonyl (C=O) groups excluding carboxylic acids is 9. The number of aliphatic hydroxyl groups excluding tert-OH is 5. The number of imide groups is 1. The van der Waals surface area contributed by atoms with E-state index in [9.17, 15) is 77.6 Å². The average molecular weight is 1320 g/mol. The Labute approximate surface area is 531 Å². The molecule has 0 aromatic carbocycles. The van der Waals surface area contributed by atoms with Gasteiger partial charge in [0.2, 0.25) is 47.3 Å². The van der Waals surface area contributed by atoms with E-state index >= 15 is 0 Å². The van der Waals surface area contributed by atoms with E-state index in [1.807, 2.05) is 13.8 Å². The maximum absolute atomic E-state index is 13.8. The third-order valence-corrected chi connectivity index (χ3v) is 15.3. The van der Waals surface area contributed by atoms with Gasteiger partial charge in [-0.05, 0) is 43.7 Å². The number of ether oxygens (including phenoxy) is 6. The number of nitrogens with zero attached hydrogens (tertiary/aromatic N) is 4. The highest BCUT2D eigenvalue weighted by Gasteiger charge is 2.48. The first-order chi connectivity index (χ1) is 43.5. The van der Waals surface area contributed by atoms with E-state index in [0.717, 1.165) is 4.90 Å². The van der Waals surface area contributed by atoms with Crippen LogP contribution in [-0.4, -0.2) is 285 Å². The van der Waals surface area contributed by atoms with Crippen molar-refractivity contribution in [2.24, 2.45) is 5.92 Å². The fourth-order valence-electron chi connectivity index (χ4n) is 8.62. The summed E-state index contributed by atoms with van der Waals surface area (Å²) < 4.78 is 60.6. The first-order valence-corrected chi connectivity index (χ1v) is 31.2. The molecule has 1 aromatic rings. The number of nitriles is 1. The molecule has 3 rings (SSSR count). The van der Waals surface area contributed by atoms with Crippen molar-refractivity contribution in [3.63, 3.8) is 0 Å². The van der Waals surface area contributed by atoms with Crippen molar-refractivity contribution in [3.05, 3.63) is 29.6 Å². The van der Waals surface area contributed by atoms with Gasteiger partial charge in [0, 0.05) is 83.0 Å². The molecule has 2 aliphatic heterocycles. The van der Waals surface area contributed by atoms with Crippen molar-refractivity contribution in [2.75, 3.05) is 137 Å². The summed E-state index contributed by atoms with van der Waals surface area (Å²) in [4.78, 5) is 121. The largest absolute Gasteiger partial charge is 0.394 e. The number of aromatic nitrogens is 1. The lowest BCUT2D eigenvalue weighted by Crippen LogP contribution is -2.50. The van der Waals surface area contributed by atoms with Crippen LogP contribution in [0.1, 0.15) is 81.8 Å². The number of hydrogen-bond acceptors (Lipinski definition) is 24. The molecule has 0 bridgehead atoms. The lowest BCUT2D eigenvalue weighted by molar-refractivity contribution is -0.138. The number of alkyl halides is 2. The van der Waals surface area contributed by atoms with Gasteiger partial charge >= 0.3 is 0 Å². The number of amides is 9. The number of likely N-dealkylation sites (N-methyl/N-ethyl adjacent to an activating group) is 1. The minimum atomic E-state index is -3.20. The lowest BCUT2D eigenvalue weighted by atomic mass is 10.0. The van der Waals surface area contributed by atoms with Gasteiger partial charge in [-0.25, -0.2) is 8.78 Å². The summed E-state index contributed by atoms with van der Waals surface area (Å²) in [6, 6.07) is 0.761. The fourth-order valence-corrected chi connectivity index (χ4v) is 9.83. The molecule has 514 valence electrons. The van der Waals surface area contributed by atoms with Crippen molar-refractivity contribution in [2.45, 2.75) is 126 Å². The Bertz CT molecular complexity index is 2480. The monoisotopic (exact) mass is 1320 g/mol. The third-order valence-electron chi connectivity index (χ3n) is 13.8.